The number of amides is 1. The summed E-state index contributed by atoms with van der Waals surface area (Å²) in [6, 6.07) is 7.03. The molecule has 23 heavy (non-hydrogen) atoms. The van der Waals surface area contributed by atoms with Gasteiger partial charge in [-0.2, -0.15) is 0 Å². The van der Waals surface area contributed by atoms with Gasteiger partial charge in [-0.05, 0) is 51.0 Å². The third-order valence-electron chi connectivity index (χ3n) is 3.56. The van der Waals surface area contributed by atoms with Crippen molar-refractivity contribution in [3.8, 4) is 5.75 Å². The van der Waals surface area contributed by atoms with Crippen molar-refractivity contribution in [3.05, 3.63) is 24.3 Å². The van der Waals surface area contributed by atoms with E-state index in [1.165, 1.54) is 4.31 Å². The normalized spacial score (nSPS) is 15.8. The van der Waals surface area contributed by atoms with Gasteiger partial charge in [-0.25, -0.2) is 12.7 Å². The van der Waals surface area contributed by atoms with Crippen molar-refractivity contribution in [2.75, 3.05) is 24.2 Å². The molecule has 1 fully saturated rings. The van der Waals surface area contributed by atoms with E-state index < -0.39 is 10.0 Å². The largest absolute Gasteiger partial charge is 0.491 e. The van der Waals surface area contributed by atoms with Crippen molar-refractivity contribution < 1.29 is 17.9 Å². The molecular formula is C16H24N2O4S. The van der Waals surface area contributed by atoms with E-state index in [0.29, 0.717) is 18.8 Å². The molecule has 0 unspecified atom stereocenters. The van der Waals surface area contributed by atoms with Gasteiger partial charge in [0.25, 0.3) is 0 Å². The number of sulfonamides is 1. The lowest BCUT2D eigenvalue weighted by atomic mass is 10.3. The monoisotopic (exact) mass is 340 g/mol. The average Bonchev–Trinajstić information content (AvgIpc) is 3.02. The molecule has 128 valence electrons. The van der Waals surface area contributed by atoms with E-state index in [1.54, 1.807) is 24.3 Å². The van der Waals surface area contributed by atoms with Crippen molar-refractivity contribution in [1.82, 2.24) is 4.31 Å². The van der Waals surface area contributed by atoms with Crippen LogP contribution in [0.15, 0.2) is 24.3 Å². The SMILES string of the molecule is CC(C)Oc1ccc(NC(=O)CCS(=O)(=O)N2CCCC2)cc1. The Balaban J connectivity index is 1.82. The fourth-order valence-electron chi connectivity index (χ4n) is 2.43. The van der Waals surface area contributed by atoms with Crippen LogP contribution in [0.1, 0.15) is 33.1 Å². The van der Waals surface area contributed by atoms with Crippen molar-refractivity contribution >= 4 is 21.6 Å². The molecule has 0 aromatic heterocycles. The number of carbonyl (C=O) groups is 1. The van der Waals surface area contributed by atoms with Crippen molar-refractivity contribution in [3.63, 3.8) is 0 Å². The van der Waals surface area contributed by atoms with E-state index in [-0.39, 0.29) is 24.2 Å². The van der Waals surface area contributed by atoms with Crippen LogP contribution in [-0.2, 0) is 14.8 Å². The molecule has 0 spiro atoms. The van der Waals surface area contributed by atoms with Crippen molar-refractivity contribution in [2.24, 2.45) is 0 Å². The molecule has 0 radical (unpaired) electrons. The second kappa shape index (κ2) is 7.79. The zero-order chi connectivity index (χ0) is 16.9. The third kappa shape index (κ3) is 5.51. The first-order valence-corrected chi connectivity index (χ1v) is 9.52. The minimum absolute atomic E-state index is 0.0386. The van der Waals surface area contributed by atoms with Crippen LogP contribution in [0.2, 0.25) is 0 Å². The summed E-state index contributed by atoms with van der Waals surface area (Å²) in [6.45, 7) is 5.02. The fraction of sp³-hybridized carbons (Fsp3) is 0.562. The lowest BCUT2D eigenvalue weighted by molar-refractivity contribution is -0.115. The Bertz CT molecular complexity index is 620. The molecule has 6 nitrogen and oxygen atoms in total. The number of benzene rings is 1. The molecule has 7 heteroatoms. The molecule has 1 aliphatic rings. The van der Waals surface area contributed by atoms with Crippen LogP contribution in [0.3, 0.4) is 0 Å². The first-order chi connectivity index (χ1) is 10.9. The summed E-state index contributed by atoms with van der Waals surface area (Å²) in [5.41, 5.74) is 0.629. The molecule has 1 amide bonds. The molecule has 1 heterocycles. The second-order valence-corrected chi connectivity index (χ2v) is 8.00. The summed E-state index contributed by atoms with van der Waals surface area (Å²) in [5.74, 6) is 0.285. The van der Waals surface area contributed by atoms with Gasteiger partial charge >= 0.3 is 0 Å². The quantitative estimate of drug-likeness (QED) is 0.826. The highest BCUT2D eigenvalue weighted by atomic mass is 32.2. The molecule has 1 aromatic carbocycles. The van der Waals surface area contributed by atoms with E-state index in [1.807, 2.05) is 13.8 Å². The number of rotatable bonds is 7. The number of nitrogens with zero attached hydrogens (tertiary/aromatic N) is 1. The minimum Gasteiger partial charge on any atom is -0.491 e. The van der Waals surface area contributed by atoms with Gasteiger partial charge in [-0.3, -0.25) is 4.79 Å². The van der Waals surface area contributed by atoms with E-state index >= 15 is 0 Å². The fourth-order valence-corrected chi connectivity index (χ4v) is 3.95. The van der Waals surface area contributed by atoms with Crippen molar-refractivity contribution in [1.29, 1.82) is 0 Å². The van der Waals surface area contributed by atoms with E-state index in [4.69, 9.17) is 4.74 Å². The summed E-state index contributed by atoms with van der Waals surface area (Å²) in [6.07, 6.45) is 1.85. The number of nitrogens with one attached hydrogen (secondary N) is 1. The maximum atomic E-state index is 12.1. The Labute approximate surface area is 137 Å². The maximum absolute atomic E-state index is 12.1. The predicted molar refractivity (Wildman–Crippen MR) is 90.0 cm³/mol. The molecule has 1 aliphatic heterocycles. The van der Waals surface area contributed by atoms with Gasteiger partial charge in [-0.1, -0.05) is 0 Å². The summed E-state index contributed by atoms with van der Waals surface area (Å²) >= 11 is 0. The van der Waals surface area contributed by atoms with E-state index in [0.717, 1.165) is 18.6 Å². The maximum Gasteiger partial charge on any atom is 0.225 e. The third-order valence-corrected chi connectivity index (χ3v) is 5.43. The Kier molecular flexibility index (Phi) is 6.01. The molecule has 0 atom stereocenters. The average molecular weight is 340 g/mol. The van der Waals surface area contributed by atoms with Gasteiger partial charge in [0.1, 0.15) is 5.75 Å². The molecule has 1 aromatic rings. The summed E-state index contributed by atoms with van der Waals surface area (Å²) < 4.78 is 31.1. The van der Waals surface area contributed by atoms with Gasteiger partial charge in [-0.15, -0.1) is 0 Å². The topological polar surface area (TPSA) is 75.7 Å². The highest BCUT2D eigenvalue weighted by Gasteiger charge is 2.25. The van der Waals surface area contributed by atoms with E-state index in [9.17, 15) is 13.2 Å². The van der Waals surface area contributed by atoms with Crippen molar-refractivity contribution in [2.45, 2.75) is 39.2 Å². The molecule has 1 saturated heterocycles. The Morgan fingerprint density at radius 3 is 2.39 bits per heavy atom. The predicted octanol–water partition coefficient (Wildman–Crippen LogP) is 2.23. The molecule has 0 bridgehead atoms. The molecule has 0 aliphatic carbocycles. The molecule has 1 N–H and O–H groups in total. The Hall–Kier alpha value is -1.60. The highest BCUT2D eigenvalue weighted by molar-refractivity contribution is 7.89. The smallest absolute Gasteiger partial charge is 0.225 e. The number of ether oxygens (including phenoxy) is 1. The van der Waals surface area contributed by atoms with Crippen LogP contribution in [0, 0.1) is 0 Å². The molecule has 0 saturated carbocycles. The number of carbonyl (C=O) groups excluding carboxylic acids is 1. The Morgan fingerprint density at radius 1 is 1.22 bits per heavy atom. The van der Waals surface area contributed by atoms with E-state index in [2.05, 4.69) is 5.32 Å². The second-order valence-electron chi connectivity index (χ2n) is 5.91. The summed E-state index contributed by atoms with van der Waals surface area (Å²) in [4.78, 5) is 11.9. The van der Waals surface area contributed by atoms with Crippen LogP contribution < -0.4 is 10.1 Å². The van der Waals surface area contributed by atoms with Gasteiger partial charge in [0, 0.05) is 25.2 Å². The lowest BCUT2D eigenvalue weighted by Crippen LogP contribution is -2.31. The van der Waals surface area contributed by atoms with Gasteiger partial charge < -0.3 is 10.1 Å². The lowest BCUT2D eigenvalue weighted by Gasteiger charge is -2.15. The highest BCUT2D eigenvalue weighted by Crippen LogP contribution is 2.18. The zero-order valence-corrected chi connectivity index (χ0v) is 14.4. The van der Waals surface area contributed by atoms with Crippen LogP contribution in [0.5, 0.6) is 5.75 Å². The first-order valence-electron chi connectivity index (χ1n) is 7.91. The molecular weight excluding hydrogens is 316 g/mol. The summed E-state index contributed by atoms with van der Waals surface area (Å²) in [7, 11) is -3.32. The first kappa shape index (κ1) is 17.7. The standard InChI is InChI=1S/C16H24N2O4S/c1-13(2)22-15-7-5-14(6-8-15)17-16(19)9-12-23(20,21)18-10-3-4-11-18/h5-8,13H,3-4,9-12H2,1-2H3,(H,17,19). The van der Waals surface area contributed by atoms with Gasteiger partial charge in [0.05, 0.1) is 11.9 Å². The van der Waals surface area contributed by atoms with Gasteiger partial charge in [0.15, 0.2) is 0 Å². The Morgan fingerprint density at radius 2 is 1.83 bits per heavy atom. The van der Waals surface area contributed by atoms with Crippen LogP contribution in [0.4, 0.5) is 5.69 Å². The molecule has 2 rings (SSSR count). The van der Waals surface area contributed by atoms with Crippen LogP contribution in [0.25, 0.3) is 0 Å². The van der Waals surface area contributed by atoms with Crippen LogP contribution in [-0.4, -0.2) is 43.6 Å². The number of anilines is 1. The summed E-state index contributed by atoms with van der Waals surface area (Å²) in [5, 5.41) is 2.71. The number of hydrogen-bond acceptors (Lipinski definition) is 4. The zero-order valence-electron chi connectivity index (χ0n) is 13.6. The van der Waals surface area contributed by atoms with Gasteiger partial charge in [0.2, 0.25) is 15.9 Å². The van der Waals surface area contributed by atoms with Crippen LogP contribution >= 0.6 is 0 Å². The minimum atomic E-state index is -3.32. The number of hydrogen-bond donors (Lipinski definition) is 1.